The van der Waals surface area contributed by atoms with Gasteiger partial charge in [-0.2, -0.15) is 0 Å². The molecule has 1 aromatic carbocycles. The van der Waals surface area contributed by atoms with Gasteiger partial charge in [-0.3, -0.25) is 4.90 Å². The van der Waals surface area contributed by atoms with Crippen molar-refractivity contribution in [3.8, 4) is 0 Å². The molecular formula is C18H28N2. The van der Waals surface area contributed by atoms with Crippen molar-refractivity contribution in [1.29, 1.82) is 0 Å². The van der Waals surface area contributed by atoms with E-state index >= 15 is 0 Å². The van der Waals surface area contributed by atoms with Crippen molar-refractivity contribution in [2.75, 3.05) is 37.6 Å². The van der Waals surface area contributed by atoms with Gasteiger partial charge in [-0.25, -0.2) is 0 Å². The average Bonchev–Trinajstić information content (AvgIpc) is 2.49. The van der Waals surface area contributed by atoms with E-state index in [0.29, 0.717) is 0 Å². The van der Waals surface area contributed by atoms with Crippen LogP contribution >= 0.6 is 0 Å². The predicted octanol–water partition coefficient (Wildman–Crippen LogP) is 3.70. The topological polar surface area (TPSA) is 6.48 Å². The molecular weight excluding hydrogens is 244 g/mol. The highest BCUT2D eigenvalue weighted by Gasteiger charge is 2.21. The summed E-state index contributed by atoms with van der Waals surface area (Å²) in [6.45, 7) is 8.39. The third kappa shape index (κ3) is 3.54. The maximum absolute atomic E-state index is 2.70. The molecule has 1 aromatic rings. The second kappa shape index (κ2) is 6.62. The minimum Gasteiger partial charge on any atom is -0.369 e. The average molecular weight is 272 g/mol. The fraction of sp³-hybridized carbons (Fsp3) is 0.667. The molecule has 1 aliphatic heterocycles. The Labute approximate surface area is 123 Å². The number of rotatable bonds is 3. The Balaban J connectivity index is 1.49. The predicted molar refractivity (Wildman–Crippen MR) is 86.4 cm³/mol. The summed E-state index contributed by atoms with van der Waals surface area (Å²) in [5.41, 5.74) is 2.77. The minimum absolute atomic E-state index is 0.981. The summed E-state index contributed by atoms with van der Waals surface area (Å²) in [6.07, 6.45) is 7.34. The standard InChI is InChI=1S/C18H28N2/c1-16-6-5-9-18(14-16)20-12-10-19(11-13-20)15-17-7-3-2-4-8-17/h5-6,9,14,17H,2-4,7-8,10-13,15H2,1H3. The van der Waals surface area contributed by atoms with Crippen LogP contribution in [0.25, 0.3) is 0 Å². The molecule has 2 heteroatoms. The summed E-state index contributed by atoms with van der Waals surface area (Å²) in [4.78, 5) is 5.24. The van der Waals surface area contributed by atoms with Crippen molar-refractivity contribution in [2.24, 2.45) is 5.92 Å². The number of hydrogen-bond acceptors (Lipinski definition) is 2. The summed E-state index contributed by atoms with van der Waals surface area (Å²) < 4.78 is 0. The molecule has 0 bridgehead atoms. The van der Waals surface area contributed by atoms with Gasteiger partial charge in [-0.15, -0.1) is 0 Å². The highest BCUT2D eigenvalue weighted by Crippen LogP contribution is 2.25. The van der Waals surface area contributed by atoms with Crippen LogP contribution in [-0.4, -0.2) is 37.6 Å². The number of nitrogens with zero attached hydrogens (tertiary/aromatic N) is 2. The van der Waals surface area contributed by atoms with Crippen molar-refractivity contribution in [3.05, 3.63) is 29.8 Å². The number of aryl methyl sites for hydroxylation is 1. The van der Waals surface area contributed by atoms with E-state index < -0.39 is 0 Å². The zero-order chi connectivity index (χ0) is 13.8. The SMILES string of the molecule is Cc1cccc(N2CCN(CC3CCCCC3)CC2)c1. The van der Waals surface area contributed by atoms with Gasteiger partial charge in [-0.05, 0) is 43.4 Å². The summed E-state index contributed by atoms with van der Waals surface area (Å²) in [6, 6.07) is 8.93. The lowest BCUT2D eigenvalue weighted by Gasteiger charge is -2.38. The van der Waals surface area contributed by atoms with Crippen LogP contribution in [0.2, 0.25) is 0 Å². The molecule has 1 heterocycles. The number of anilines is 1. The van der Waals surface area contributed by atoms with Gasteiger partial charge in [0.05, 0.1) is 0 Å². The molecule has 0 N–H and O–H groups in total. The minimum atomic E-state index is 0.981. The van der Waals surface area contributed by atoms with E-state index in [-0.39, 0.29) is 0 Å². The second-order valence-corrected chi connectivity index (χ2v) is 6.63. The molecule has 0 aromatic heterocycles. The summed E-state index contributed by atoms with van der Waals surface area (Å²) in [7, 11) is 0. The first-order valence-electron chi connectivity index (χ1n) is 8.35. The molecule has 0 radical (unpaired) electrons. The van der Waals surface area contributed by atoms with Crippen molar-refractivity contribution in [2.45, 2.75) is 39.0 Å². The van der Waals surface area contributed by atoms with Gasteiger partial charge in [-0.1, -0.05) is 31.4 Å². The lowest BCUT2D eigenvalue weighted by atomic mass is 9.89. The van der Waals surface area contributed by atoms with E-state index in [0.717, 1.165) is 5.92 Å². The molecule has 20 heavy (non-hydrogen) atoms. The Morgan fingerprint density at radius 3 is 2.45 bits per heavy atom. The van der Waals surface area contributed by atoms with Crippen LogP contribution in [0.4, 0.5) is 5.69 Å². The molecule has 2 fully saturated rings. The highest BCUT2D eigenvalue weighted by atomic mass is 15.3. The van der Waals surface area contributed by atoms with Crippen LogP contribution in [-0.2, 0) is 0 Å². The maximum atomic E-state index is 2.70. The highest BCUT2D eigenvalue weighted by molar-refractivity contribution is 5.48. The summed E-state index contributed by atoms with van der Waals surface area (Å²) in [5.74, 6) is 0.981. The largest absolute Gasteiger partial charge is 0.369 e. The second-order valence-electron chi connectivity index (χ2n) is 6.63. The third-order valence-corrected chi connectivity index (χ3v) is 4.98. The zero-order valence-corrected chi connectivity index (χ0v) is 12.9. The van der Waals surface area contributed by atoms with Gasteiger partial charge in [0, 0.05) is 38.4 Å². The van der Waals surface area contributed by atoms with E-state index in [1.807, 2.05) is 0 Å². The lowest BCUT2D eigenvalue weighted by Crippen LogP contribution is -2.48. The van der Waals surface area contributed by atoms with E-state index in [1.165, 1.54) is 76.1 Å². The van der Waals surface area contributed by atoms with E-state index in [1.54, 1.807) is 0 Å². The molecule has 0 amide bonds. The number of benzene rings is 1. The summed E-state index contributed by atoms with van der Waals surface area (Å²) >= 11 is 0. The van der Waals surface area contributed by atoms with Crippen molar-refractivity contribution in [1.82, 2.24) is 4.90 Å². The molecule has 2 aliphatic rings. The third-order valence-electron chi connectivity index (χ3n) is 4.98. The number of hydrogen-bond donors (Lipinski definition) is 0. The molecule has 0 unspecified atom stereocenters. The molecule has 110 valence electrons. The van der Waals surface area contributed by atoms with E-state index in [4.69, 9.17) is 0 Å². The van der Waals surface area contributed by atoms with Crippen LogP contribution in [0.1, 0.15) is 37.7 Å². The van der Waals surface area contributed by atoms with Gasteiger partial charge in [0.15, 0.2) is 0 Å². The van der Waals surface area contributed by atoms with Crippen LogP contribution < -0.4 is 4.90 Å². The van der Waals surface area contributed by atoms with Gasteiger partial charge >= 0.3 is 0 Å². The Hall–Kier alpha value is -1.02. The van der Waals surface area contributed by atoms with E-state index in [9.17, 15) is 0 Å². The first-order valence-corrected chi connectivity index (χ1v) is 8.35. The van der Waals surface area contributed by atoms with Gasteiger partial charge < -0.3 is 4.90 Å². The Kier molecular flexibility index (Phi) is 4.62. The fourth-order valence-electron chi connectivity index (χ4n) is 3.75. The molecule has 2 nitrogen and oxygen atoms in total. The Morgan fingerprint density at radius 1 is 1.00 bits per heavy atom. The molecule has 1 aliphatic carbocycles. The van der Waals surface area contributed by atoms with Crippen molar-refractivity contribution < 1.29 is 0 Å². The van der Waals surface area contributed by atoms with Crippen LogP contribution in [0.3, 0.4) is 0 Å². The van der Waals surface area contributed by atoms with Crippen LogP contribution in [0.5, 0.6) is 0 Å². The van der Waals surface area contributed by atoms with Crippen molar-refractivity contribution in [3.63, 3.8) is 0 Å². The Bertz CT molecular complexity index is 415. The quantitative estimate of drug-likeness (QED) is 0.828. The van der Waals surface area contributed by atoms with E-state index in [2.05, 4.69) is 41.0 Å². The molecule has 1 saturated heterocycles. The zero-order valence-electron chi connectivity index (χ0n) is 12.9. The monoisotopic (exact) mass is 272 g/mol. The fourth-order valence-corrected chi connectivity index (χ4v) is 3.75. The molecule has 3 rings (SSSR count). The normalized spacial score (nSPS) is 22.1. The van der Waals surface area contributed by atoms with Crippen LogP contribution in [0.15, 0.2) is 24.3 Å². The van der Waals surface area contributed by atoms with Crippen LogP contribution in [0, 0.1) is 12.8 Å². The number of piperazine rings is 1. The first-order chi connectivity index (χ1) is 9.81. The Morgan fingerprint density at radius 2 is 1.75 bits per heavy atom. The maximum Gasteiger partial charge on any atom is 0.0369 e. The molecule has 1 saturated carbocycles. The smallest absolute Gasteiger partial charge is 0.0369 e. The molecule has 0 spiro atoms. The van der Waals surface area contributed by atoms with Gasteiger partial charge in [0.25, 0.3) is 0 Å². The molecule has 0 atom stereocenters. The lowest BCUT2D eigenvalue weighted by molar-refractivity contribution is 0.192. The first kappa shape index (κ1) is 13.9. The summed E-state index contributed by atoms with van der Waals surface area (Å²) in [5, 5.41) is 0. The van der Waals surface area contributed by atoms with Gasteiger partial charge in [0.2, 0.25) is 0 Å². The van der Waals surface area contributed by atoms with Gasteiger partial charge in [0.1, 0.15) is 0 Å². The van der Waals surface area contributed by atoms with Crippen molar-refractivity contribution >= 4 is 5.69 Å².